The molecule has 2 aromatic rings. The standard InChI is InChI=1S/C15H15N3O/c1-18(2)15-11(10-16)8-9-13(17-15)12-6-4-5-7-14(12)19-3/h4-9H,1-3H3. The Kier molecular flexibility index (Phi) is 3.67. The quantitative estimate of drug-likeness (QED) is 0.843. The molecule has 1 aromatic heterocycles. The lowest BCUT2D eigenvalue weighted by Crippen LogP contribution is -2.12. The molecule has 0 spiro atoms. The molecule has 0 aliphatic heterocycles. The number of pyridine rings is 1. The van der Waals surface area contributed by atoms with Crippen molar-refractivity contribution in [2.45, 2.75) is 0 Å². The number of anilines is 1. The molecule has 19 heavy (non-hydrogen) atoms. The van der Waals surface area contributed by atoms with E-state index in [0.29, 0.717) is 11.4 Å². The molecule has 0 amide bonds. The summed E-state index contributed by atoms with van der Waals surface area (Å²) in [6.45, 7) is 0. The average Bonchev–Trinajstić information content (AvgIpc) is 2.46. The van der Waals surface area contributed by atoms with Crippen molar-refractivity contribution >= 4 is 5.82 Å². The molecule has 4 nitrogen and oxygen atoms in total. The van der Waals surface area contributed by atoms with Crippen LogP contribution < -0.4 is 9.64 Å². The van der Waals surface area contributed by atoms with Crippen molar-refractivity contribution < 1.29 is 4.74 Å². The molecule has 0 atom stereocenters. The highest BCUT2D eigenvalue weighted by Crippen LogP contribution is 2.30. The van der Waals surface area contributed by atoms with Gasteiger partial charge in [-0.25, -0.2) is 4.98 Å². The van der Waals surface area contributed by atoms with Gasteiger partial charge in [-0.3, -0.25) is 0 Å². The first-order valence-corrected chi connectivity index (χ1v) is 5.89. The zero-order valence-corrected chi connectivity index (χ0v) is 11.2. The smallest absolute Gasteiger partial charge is 0.146 e. The van der Waals surface area contributed by atoms with Crippen LogP contribution in [-0.4, -0.2) is 26.2 Å². The van der Waals surface area contributed by atoms with Gasteiger partial charge in [0, 0.05) is 19.7 Å². The van der Waals surface area contributed by atoms with Crippen LogP contribution >= 0.6 is 0 Å². The predicted octanol–water partition coefficient (Wildman–Crippen LogP) is 2.69. The fourth-order valence-corrected chi connectivity index (χ4v) is 1.88. The summed E-state index contributed by atoms with van der Waals surface area (Å²) in [6.07, 6.45) is 0. The van der Waals surface area contributed by atoms with Crippen LogP contribution in [0.5, 0.6) is 5.75 Å². The number of aromatic nitrogens is 1. The van der Waals surface area contributed by atoms with Gasteiger partial charge in [-0.1, -0.05) is 12.1 Å². The number of nitrogens with zero attached hydrogens (tertiary/aromatic N) is 3. The van der Waals surface area contributed by atoms with Crippen molar-refractivity contribution in [2.75, 3.05) is 26.1 Å². The summed E-state index contributed by atoms with van der Waals surface area (Å²) in [4.78, 5) is 6.38. The van der Waals surface area contributed by atoms with E-state index in [1.54, 1.807) is 13.2 Å². The van der Waals surface area contributed by atoms with E-state index < -0.39 is 0 Å². The Morgan fingerprint density at radius 2 is 1.89 bits per heavy atom. The molecule has 0 saturated heterocycles. The van der Waals surface area contributed by atoms with Crippen molar-refractivity contribution in [1.29, 1.82) is 5.26 Å². The van der Waals surface area contributed by atoms with Gasteiger partial charge in [0.25, 0.3) is 0 Å². The van der Waals surface area contributed by atoms with Gasteiger partial charge >= 0.3 is 0 Å². The minimum absolute atomic E-state index is 0.559. The van der Waals surface area contributed by atoms with Crippen LogP contribution in [0.15, 0.2) is 36.4 Å². The summed E-state index contributed by atoms with van der Waals surface area (Å²) in [5.74, 6) is 1.43. The Balaban J connectivity index is 2.58. The minimum Gasteiger partial charge on any atom is -0.496 e. The van der Waals surface area contributed by atoms with Crippen molar-refractivity contribution in [3.8, 4) is 23.1 Å². The van der Waals surface area contributed by atoms with Crippen LogP contribution in [0.25, 0.3) is 11.3 Å². The van der Waals surface area contributed by atoms with E-state index >= 15 is 0 Å². The first-order valence-electron chi connectivity index (χ1n) is 5.89. The number of hydrogen-bond donors (Lipinski definition) is 0. The Hall–Kier alpha value is -2.54. The molecule has 96 valence electrons. The van der Waals surface area contributed by atoms with E-state index in [2.05, 4.69) is 11.1 Å². The monoisotopic (exact) mass is 253 g/mol. The normalized spacial score (nSPS) is 9.79. The SMILES string of the molecule is COc1ccccc1-c1ccc(C#N)c(N(C)C)n1. The molecule has 0 unspecified atom stereocenters. The summed E-state index contributed by atoms with van der Waals surface area (Å²) in [5.41, 5.74) is 2.27. The number of hydrogen-bond acceptors (Lipinski definition) is 4. The lowest BCUT2D eigenvalue weighted by atomic mass is 10.1. The van der Waals surface area contributed by atoms with Gasteiger partial charge < -0.3 is 9.64 Å². The number of rotatable bonds is 3. The van der Waals surface area contributed by atoms with Gasteiger partial charge in [0.2, 0.25) is 0 Å². The Morgan fingerprint density at radius 1 is 1.16 bits per heavy atom. The van der Waals surface area contributed by atoms with Crippen LogP contribution in [0.4, 0.5) is 5.82 Å². The molecule has 1 heterocycles. The molecule has 4 heteroatoms. The van der Waals surface area contributed by atoms with Crippen molar-refractivity contribution in [3.05, 3.63) is 42.0 Å². The second kappa shape index (κ2) is 5.40. The molecule has 0 aliphatic rings. The van der Waals surface area contributed by atoms with Gasteiger partial charge in [0.1, 0.15) is 17.6 Å². The molecule has 0 fully saturated rings. The van der Waals surface area contributed by atoms with E-state index in [4.69, 9.17) is 10.00 Å². The summed E-state index contributed by atoms with van der Waals surface area (Å²) in [7, 11) is 5.37. The molecule has 1 aromatic carbocycles. The first kappa shape index (κ1) is 12.9. The maximum atomic E-state index is 9.09. The van der Waals surface area contributed by atoms with Gasteiger partial charge in [0.15, 0.2) is 0 Å². The van der Waals surface area contributed by atoms with E-state index in [0.717, 1.165) is 17.0 Å². The van der Waals surface area contributed by atoms with Gasteiger partial charge in [-0.15, -0.1) is 0 Å². The molecule has 0 N–H and O–H groups in total. The third kappa shape index (κ3) is 2.50. The third-order valence-electron chi connectivity index (χ3n) is 2.80. The fourth-order valence-electron chi connectivity index (χ4n) is 1.88. The lowest BCUT2D eigenvalue weighted by Gasteiger charge is -2.15. The topological polar surface area (TPSA) is 49.1 Å². The third-order valence-corrected chi connectivity index (χ3v) is 2.80. The van der Waals surface area contributed by atoms with Crippen LogP contribution in [0.1, 0.15) is 5.56 Å². The number of nitriles is 1. The zero-order chi connectivity index (χ0) is 13.8. The number of methoxy groups -OCH3 is 1. The van der Waals surface area contributed by atoms with Crippen molar-refractivity contribution in [1.82, 2.24) is 4.98 Å². The van der Waals surface area contributed by atoms with Crippen molar-refractivity contribution in [2.24, 2.45) is 0 Å². The maximum absolute atomic E-state index is 9.09. The Labute approximate surface area is 112 Å². The average molecular weight is 253 g/mol. The van der Waals surface area contributed by atoms with E-state index in [-0.39, 0.29) is 0 Å². The Morgan fingerprint density at radius 3 is 2.53 bits per heavy atom. The van der Waals surface area contributed by atoms with Gasteiger partial charge in [0.05, 0.1) is 18.4 Å². The van der Waals surface area contributed by atoms with E-state index in [1.807, 2.05) is 49.3 Å². The molecular formula is C15H15N3O. The minimum atomic E-state index is 0.559. The molecule has 0 aliphatic carbocycles. The second-order valence-corrected chi connectivity index (χ2v) is 4.27. The highest BCUT2D eigenvalue weighted by atomic mass is 16.5. The molecule has 0 saturated carbocycles. The highest BCUT2D eigenvalue weighted by molar-refractivity contribution is 5.70. The predicted molar refractivity (Wildman–Crippen MR) is 75.3 cm³/mol. The molecule has 0 radical (unpaired) electrons. The lowest BCUT2D eigenvalue weighted by molar-refractivity contribution is 0.416. The first-order chi connectivity index (χ1) is 9.17. The summed E-state index contributed by atoms with van der Waals surface area (Å²) in [5, 5.41) is 9.09. The van der Waals surface area contributed by atoms with E-state index in [1.165, 1.54) is 0 Å². The van der Waals surface area contributed by atoms with Gasteiger partial charge in [-0.2, -0.15) is 5.26 Å². The number of benzene rings is 1. The zero-order valence-electron chi connectivity index (χ0n) is 11.2. The van der Waals surface area contributed by atoms with Crippen LogP contribution in [0, 0.1) is 11.3 Å². The summed E-state index contributed by atoms with van der Waals surface area (Å²) >= 11 is 0. The van der Waals surface area contributed by atoms with E-state index in [9.17, 15) is 0 Å². The van der Waals surface area contributed by atoms with Gasteiger partial charge in [-0.05, 0) is 24.3 Å². The van der Waals surface area contributed by atoms with Crippen LogP contribution in [0.2, 0.25) is 0 Å². The number of ether oxygens (including phenoxy) is 1. The maximum Gasteiger partial charge on any atom is 0.146 e. The Bertz CT molecular complexity index is 630. The second-order valence-electron chi connectivity index (χ2n) is 4.27. The largest absolute Gasteiger partial charge is 0.496 e. The van der Waals surface area contributed by atoms with Crippen LogP contribution in [-0.2, 0) is 0 Å². The number of para-hydroxylation sites is 1. The van der Waals surface area contributed by atoms with Crippen LogP contribution in [0.3, 0.4) is 0 Å². The highest BCUT2D eigenvalue weighted by Gasteiger charge is 2.11. The molecule has 0 bridgehead atoms. The molecular weight excluding hydrogens is 238 g/mol. The van der Waals surface area contributed by atoms with Crippen molar-refractivity contribution in [3.63, 3.8) is 0 Å². The fraction of sp³-hybridized carbons (Fsp3) is 0.200. The summed E-state index contributed by atoms with van der Waals surface area (Å²) < 4.78 is 5.34. The summed E-state index contributed by atoms with van der Waals surface area (Å²) in [6, 6.07) is 13.5. The molecule has 2 rings (SSSR count).